The van der Waals surface area contributed by atoms with Crippen molar-refractivity contribution >= 4 is 5.91 Å². The van der Waals surface area contributed by atoms with E-state index in [1.165, 1.54) is 0 Å². The number of fused-ring (bicyclic) bond motifs is 1. The molecule has 100 valence electrons. The maximum absolute atomic E-state index is 11.7. The molecule has 1 N–H and O–H groups in total. The van der Waals surface area contributed by atoms with E-state index in [2.05, 4.69) is 11.4 Å². The van der Waals surface area contributed by atoms with Crippen LogP contribution in [-0.2, 0) is 4.79 Å². The number of amides is 1. The molecule has 1 amide bonds. The number of unbranched alkanes of at least 4 members (excludes halogenated alkanes) is 1. The fourth-order valence-corrected chi connectivity index (χ4v) is 1.85. The zero-order valence-corrected chi connectivity index (χ0v) is 10.8. The van der Waals surface area contributed by atoms with Gasteiger partial charge < -0.3 is 14.8 Å². The molecule has 0 aliphatic carbocycles. The van der Waals surface area contributed by atoms with Crippen molar-refractivity contribution in [3.8, 4) is 17.6 Å². The SMILES string of the molecule is CCCCC(=O)NC(C#N)c1ccc2c(c1)OCO2. The second kappa shape index (κ2) is 6.10. The molecule has 1 aromatic carbocycles. The highest BCUT2D eigenvalue weighted by molar-refractivity contribution is 5.76. The molecule has 0 spiro atoms. The topological polar surface area (TPSA) is 71.4 Å². The maximum atomic E-state index is 11.7. The number of rotatable bonds is 5. The van der Waals surface area contributed by atoms with Crippen LogP contribution in [0, 0.1) is 11.3 Å². The van der Waals surface area contributed by atoms with Crippen molar-refractivity contribution in [1.82, 2.24) is 5.32 Å². The summed E-state index contributed by atoms with van der Waals surface area (Å²) in [5, 5.41) is 11.9. The van der Waals surface area contributed by atoms with Gasteiger partial charge in [-0.25, -0.2) is 0 Å². The van der Waals surface area contributed by atoms with E-state index in [4.69, 9.17) is 14.7 Å². The molecule has 0 saturated carbocycles. The summed E-state index contributed by atoms with van der Waals surface area (Å²) in [4.78, 5) is 11.7. The molecule has 0 fully saturated rings. The molecule has 0 aromatic heterocycles. The zero-order chi connectivity index (χ0) is 13.7. The molecule has 1 unspecified atom stereocenters. The Morgan fingerprint density at radius 1 is 1.47 bits per heavy atom. The van der Waals surface area contributed by atoms with Crippen LogP contribution >= 0.6 is 0 Å². The van der Waals surface area contributed by atoms with E-state index in [1.807, 2.05) is 6.92 Å². The molecule has 5 heteroatoms. The summed E-state index contributed by atoms with van der Waals surface area (Å²) >= 11 is 0. The number of nitriles is 1. The summed E-state index contributed by atoms with van der Waals surface area (Å²) in [7, 11) is 0. The highest BCUT2D eigenvalue weighted by Gasteiger charge is 2.18. The van der Waals surface area contributed by atoms with E-state index >= 15 is 0 Å². The summed E-state index contributed by atoms with van der Waals surface area (Å²) in [5.74, 6) is 1.17. The number of carbonyl (C=O) groups excluding carboxylic acids is 1. The number of nitrogens with zero attached hydrogens (tertiary/aromatic N) is 1. The molecule has 1 heterocycles. The van der Waals surface area contributed by atoms with Gasteiger partial charge in [0.05, 0.1) is 6.07 Å². The van der Waals surface area contributed by atoms with Crippen LogP contribution in [-0.4, -0.2) is 12.7 Å². The van der Waals surface area contributed by atoms with Gasteiger partial charge in [0.1, 0.15) is 6.04 Å². The first-order chi connectivity index (χ1) is 9.24. The molecule has 19 heavy (non-hydrogen) atoms. The van der Waals surface area contributed by atoms with Gasteiger partial charge in [0.25, 0.3) is 0 Å². The van der Waals surface area contributed by atoms with Crippen LogP contribution in [0.3, 0.4) is 0 Å². The minimum atomic E-state index is -0.654. The van der Waals surface area contributed by atoms with Crippen LogP contribution in [0.15, 0.2) is 18.2 Å². The Hall–Kier alpha value is -2.22. The number of benzene rings is 1. The van der Waals surface area contributed by atoms with Crippen molar-refractivity contribution < 1.29 is 14.3 Å². The van der Waals surface area contributed by atoms with Gasteiger partial charge >= 0.3 is 0 Å². The van der Waals surface area contributed by atoms with Gasteiger partial charge in [-0.3, -0.25) is 4.79 Å². The van der Waals surface area contributed by atoms with Crippen molar-refractivity contribution in [3.05, 3.63) is 23.8 Å². The minimum Gasteiger partial charge on any atom is -0.454 e. The van der Waals surface area contributed by atoms with Crippen molar-refractivity contribution in [1.29, 1.82) is 5.26 Å². The molecule has 1 aliphatic rings. The average Bonchev–Trinajstić information content (AvgIpc) is 2.89. The van der Waals surface area contributed by atoms with Crippen LogP contribution < -0.4 is 14.8 Å². The molecule has 0 saturated heterocycles. The lowest BCUT2D eigenvalue weighted by atomic mass is 10.1. The maximum Gasteiger partial charge on any atom is 0.231 e. The summed E-state index contributed by atoms with van der Waals surface area (Å²) in [6.45, 7) is 2.21. The third-order valence-corrected chi connectivity index (χ3v) is 2.92. The lowest BCUT2D eigenvalue weighted by Crippen LogP contribution is -2.27. The Balaban J connectivity index is 2.05. The molecule has 0 bridgehead atoms. The van der Waals surface area contributed by atoms with Crippen molar-refractivity contribution in [3.63, 3.8) is 0 Å². The normalized spacial score (nSPS) is 13.7. The smallest absolute Gasteiger partial charge is 0.231 e. The lowest BCUT2D eigenvalue weighted by Gasteiger charge is -2.12. The van der Waals surface area contributed by atoms with Crippen LogP contribution in [0.25, 0.3) is 0 Å². The van der Waals surface area contributed by atoms with Gasteiger partial charge in [0.2, 0.25) is 12.7 Å². The third-order valence-electron chi connectivity index (χ3n) is 2.92. The Labute approximate surface area is 112 Å². The monoisotopic (exact) mass is 260 g/mol. The standard InChI is InChI=1S/C14H16N2O3/c1-2-3-4-14(17)16-11(8-15)10-5-6-12-13(7-10)19-9-18-12/h5-7,11H,2-4,9H2,1H3,(H,16,17). The highest BCUT2D eigenvalue weighted by atomic mass is 16.7. The second-order valence-electron chi connectivity index (χ2n) is 4.35. The highest BCUT2D eigenvalue weighted by Crippen LogP contribution is 2.34. The van der Waals surface area contributed by atoms with E-state index in [-0.39, 0.29) is 12.7 Å². The van der Waals surface area contributed by atoms with Crippen molar-refractivity contribution in [2.75, 3.05) is 6.79 Å². The summed E-state index contributed by atoms with van der Waals surface area (Å²) in [5.41, 5.74) is 0.705. The molecule has 2 rings (SSSR count). The van der Waals surface area contributed by atoms with Crippen LogP contribution in [0.2, 0.25) is 0 Å². The van der Waals surface area contributed by atoms with Gasteiger partial charge in [-0.05, 0) is 24.1 Å². The number of ether oxygens (including phenoxy) is 2. The molecule has 1 aromatic rings. The van der Waals surface area contributed by atoms with Gasteiger partial charge in [-0.1, -0.05) is 19.4 Å². The second-order valence-corrected chi connectivity index (χ2v) is 4.35. The van der Waals surface area contributed by atoms with E-state index in [9.17, 15) is 4.79 Å². The van der Waals surface area contributed by atoms with Gasteiger partial charge in [-0.2, -0.15) is 5.26 Å². The first kappa shape index (κ1) is 13.2. The fourth-order valence-electron chi connectivity index (χ4n) is 1.85. The molecule has 1 atom stereocenters. The first-order valence-electron chi connectivity index (χ1n) is 6.33. The van der Waals surface area contributed by atoms with Crippen LogP contribution in [0.1, 0.15) is 37.8 Å². The molecular weight excluding hydrogens is 244 g/mol. The fraction of sp³-hybridized carbons (Fsp3) is 0.429. The molecule has 1 aliphatic heterocycles. The third kappa shape index (κ3) is 3.16. The number of hydrogen-bond donors (Lipinski definition) is 1. The molecular formula is C14H16N2O3. The summed E-state index contributed by atoms with van der Waals surface area (Å²) < 4.78 is 10.5. The number of hydrogen-bond acceptors (Lipinski definition) is 4. The number of carbonyl (C=O) groups is 1. The van der Waals surface area contributed by atoms with Crippen LogP contribution in [0.5, 0.6) is 11.5 Å². The predicted octanol–water partition coefficient (Wildman–Crippen LogP) is 2.29. The lowest BCUT2D eigenvalue weighted by molar-refractivity contribution is -0.121. The van der Waals surface area contributed by atoms with Gasteiger partial charge in [-0.15, -0.1) is 0 Å². The van der Waals surface area contributed by atoms with E-state index in [0.29, 0.717) is 23.5 Å². The van der Waals surface area contributed by atoms with Crippen LogP contribution in [0.4, 0.5) is 0 Å². The Kier molecular flexibility index (Phi) is 4.24. The average molecular weight is 260 g/mol. The van der Waals surface area contributed by atoms with Gasteiger partial charge in [0.15, 0.2) is 11.5 Å². The Bertz CT molecular complexity index is 508. The first-order valence-corrected chi connectivity index (χ1v) is 6.33. The quantitative estimate of drug-likeness (QED) is 0.881. The summed E-state index contributed by atoms with van der Waals surface area (Å²) in [6.07, 6.45) is 2.22. The van der Waals surface area contributed by atoms with Crippen molar-refractivity contribution in [2.45, 2.75) is 32.2 Å². The predicted molar refractivity (Wildman–Crippen MR) is 68.6 cm³/mol. The minimum absolute atomic E-state index is 0.105. The van der Waals surface area contributed by atoms with E-state index < -0.39 is 6.04 Å². The van der Waals surface area contributed by atoms with Crippen molar-refractivity contribution in [2.24, 2.45) is 0 Å². The Morgan fingerprint density at radius 3 is 3.00 bits per heavy atom. The molecule has 5 nitrogen and oxygen atoms in total. The Morgan fingerprint density at radius 2 is 2.26 bits per heavy atom. The number of nitrogens with one attached hydrogen (secondary N) is 1. The van der Waals surface area contributed by atoms with Gasteiger partial charge in [0, 0.05) is 6.42 Å². The molecule has 0 radical (unpaired) electrons. The van der Waals surface area contributed by atoms with E-state index in [0.717, 1.165) is 12.8 Å². The summed E-state index contributed by atoms with van der Waals surface area (Å²) in [6, 6.07) is 6.68. The zero-order valence-electron chi connectivity index (χ0n) is 10.8. The van der Waals surface area contributed by atoms with E-state index in [1.54, 1.807) is 18.2 Å². The largest absolute Gasteiger partial charge is 0.454 e.